The van der Waals surface area contributed by atoms with Gasteiger partial charge in [-0.1, -0.05) is 18.2 Å². The fourth-order valence-corrected chi connectivity index (χ4v) is 0.922. The minimum atomic E-state index is -0.676. The third-order valence-electron chi connectivity index (χ3n) is 1.62. The summed E-state index contributed by atoms with van der Waals surface area (Å²) in [6, 6.07) is 3.75. The van der Waals surface area contributed by atoms with Crippen molar-refractivity contribution in [2.45, 2.75) is 6.04 Å². The maximum absolute atomic E-state index is 13.1. The van der Waals surface area contributed by atoms with E-state index in [0.29, 0.717) is 0 Å². The van der Waals surface area contributed by atoms with E-state index in [1.807, 2.05) is 0 Å². The third kappa shape index (κ3) is 1.46. The van der Waals surface area contributed by atoms with E-state index in [1.165, 1.54) is 24.3 Å². The molecule has 0 aliphatic rings. The zero-order valence-electron chi connectivity index (χ0n) is 6.50. The quantitative estimate of drug-likeness (QED) is 0.659. The second-order valence-corrected chi connectivity index (χ2v) is 2.44. The molecule has 0 spiro atoms. The number of hydrogen-bond donors (Lipinski definition) is 2. The standard InChI is InChI=1S/C9H10FNO/c1-2-7(11)6-4-3-5-8(12)9(6)10/h2-5,7,12H,1,11H2. The normalized spacial score (nSPS) is 12.5. The van der Waals surface area contributed by atoms with E-state index in [-0.39, 0.29) is 11.3 Å². The molecule has 1 unspecified atom stereocenters. The van der Waals surface area contributed by atoms with Crippen LogP contribution in [-0.2, 0) is 0 Å². The first kappa shape index (κ1) is 8.74. The number of halogens is 1. The van der Waals surface area contributed by atoms with Crippen molar-refractivity contribution in [2.75, 3.05) is 0 Å². The van der Waals surface area contributed by atoms with Crippen LogP contribution < -0.4 is 5.73 Å². The maximum Gasteiger partial charge on any atom is 0.169 e. The predicted octanol–water partition coefficient (Wildman–Crippen LogP) is 1.72. The van der Waals surface area contributed by atoms with Crippen LogP contribution in [0.25, 0.3) is 0 Å². The smallest absolute Gasteiger partial charge is 0.169 e. The van der Waals surface area contributed by atoms with Crippen molar-refractivity contribution in [3.63, 3.8) is 0 Å². The van der Waals surface area contributed by atoms with Crippen LogP contribution in [0.15, 0.2) is 30.9 Å². The second-order valence-electron chi connectivity index (χ2n) is 2.44. The molecule has 1 rings (SSSR count). The number of rotatable bonds is 2. The fraction of sp³-hybridized carbons (Fsp3) is 0.111. The molecule has 64 valence electrons. The van der Waals surface area contributed by atoms with Crippen LogP contribution >= 0.6 is 0 Å². The number of nitrogens with two attached hydrogens (primary N) is 1. The van der Waals surface area contributed by atoms with E-state index < -0.39 is 11.9 Å². The predicted molar refractivity (Wildman–Crippen MR) is 45.2 cm³/mol. The molecule has 3 heteroatoms. The molecule has 0 aliphatic heterocycles. The fourth-order valence-electron chi connectivity index (χ4n) is 0.922. The van der Waals surface area contributed by atoms with Crippen molar-refractivity contribution >= 4 is 0 Å². The molecular weight excluding hydrogens is 157 g/mol. The van der Waals surface area contributed by atoms with Crippen molar-refractivity contribution in [1.29, 1.82) is 0 Å². The third-order valence-corrected chi connectivity index (χ3v) is 1.62. The molecule has 1 atom stereocenters. The Morgan fingerprint density at radius 2 is 2.25 bits per heavy atom. The van der Waals surface area contributed by atoms with Crippen LogP contribution in [0, 0.1) is 5.82 Å². The van der Waals surface area contributed by atoms with Gasteiger partial charge in [0.1, 0.15) is 0 Å². The molecule has 0 heterocycles. The monoisotopic (exact) mass is 167 g/mol. The van der Waals surface area contributed by atoms with Crippen LogP contribution in [0.2, 0.25) is 0 Å². The summed E-state index contributed by atoms with van der Waals surface area (Å²) in [7, 11) is 0. The summed E-state index contributed by atoms with van der Waals surface area (Å²) in [5.41, 5.74) is 5.75. The largest absolute Gasteiger partial charge is 0.505 e. The van der Waals surface area contributed by atoms with E-state index in [2.05, 4.69) is 6.58 Å². The van der Waals surface area contributed by atoms with Gasteiger partial charge >= 0.3 is 0 Å². The first-order chi connectivity index (χ1) is 5.66. The maximum atomic E-state index is 13.1. The molecule has 0 radical (unpaired) electrons. The molecule has 0 aliphatic carbocycles. The molecule has 0 amide bonds. The van der Waals surface area contributed by atoms with Crippen LogP contribution in [0.1, 0.15) is 11.6 Å². The van der Waals surface area contributed by atoms with Crippen molar-refractivity contribution in [3.8, 4) is 5.75 Å². The van der Waals surface area contributed by atoms with Gasteiger partial charge in [0, 0.05) is 5.56 Å². The van der Waals surface area contributed by atoms with Gasteiger partial charge in [0.05, 0.1) is 6.04 Å². The molecule has 12 heavy (non-hydrogen) atoms. The van der Waals surface area contributed by atoms with E-state index in [9.17, 15) is 4.39 Å². The second kappa shape index (κ2) is 3.36. The first-order valence-corrected chi connectivity index (χ1v) is 3.52. The summed E-state index contributed by atoms with van der Waals surface area (Å²) in [6.07, 6.45) is 1.41. The summed E-state index contributed by atoms with van der Waals surface area (Å²) < 4.78 is 13.1. The molecule has 0 bridgehead atoms. The topological polar surface area (TPSA) is 46.2 Å². The Morgan fingerprint density at radius 1 is 1.58 bits per heavy atom. The zero-order chi connectivity index (χ0) is 9.14. The first-order valence-electron chi connectivity index (χ1n) is 3.52. The van der Waals surface area contributed by atoms with Gasteiger partial charge in [-0.05, 0) is 6.07 Å². The Morgan fingerprint density at radius 3 is 2.83 bits per heavy atom. The molecule has 2 nitrogen and oxygen atoms in total. The Hall–Kier alpha value is -1.35. The summed E-state index contributed by atoms with van der Waals surface area (Å²) in [5, 5.41) is 8.98. The van der Waals surface area contributed by atoms with Crippen LogP contribution in [-0.4, -0.2) is 5.11 Å². The lowest BCUT2D eigenvalue weighted by Crippen LogP contribution is -2.08. The van der Waals surface area contributed by atoms with E-state index >= 15 is 0 Å². The molecule has 3 N–H and O–H groups in total. The molecule has 0 aromatic heterocycles. The van der Waals surface area contributed by atoms with E-state index in [1.54, 1.807) is 0 Å². The summed E-state index contributed by atoms with van der Waals surface area (Å²) >= 11 is 0. The van der Waals surface area contributed by atoms with Crippen molar-refractivity contribution in [3.05, 3.63) is 42.2 Å². The Bertz CT molecular complexity index is 299. The summed E-state index contributed by atoms with van der Waals surface area (Å²) in [6.45, 7) is 3.43. The van der Waals surface area contributed by atoms with Gasteiger partial charge in [-0.25, -0.2) is 4.39 Å². The molecule has 1 aromatic carbocycles. The molecular formula is C9H10FNO. The van der Waals surface area contributed by atoms with E-state index in [4.69, 9.17) is 10.8 Å². The average molecular weight is 167 g/mol. The van der Waals surface area contributed by atoms with Crippen LogP contribution in [0.3, 0.4) is 0 Å². The van der Waals surface area contributed by atoms with Gasteiger partial charge in [-0.3, -0.25) is 0 Å². The van der Waals surface area contributed by atoms with Crippen molar-refractivity contribution in [2.24, 2.45) is 5.73 Å². The van der Waals surface area contributed by atoms with Gasteiger partial charge in [-0.15, -0.1) is 6.58 Å². The highest BCUT2D eigenvalue weighted by Crippen LogP contribution is 2.22. The summed E-state index contributed by atoms with van der Waals surface area (Å²) in [4.78, 5) is 0. The lowest BCUT2D eigenvalue weighted by molar-refractivity contribution is 0.427. The number of phenols is 1. The van der Waals surface area contributed by atoms with Crippen molar-refractivity contribution in [1.82, 2.24) is 0 Å². The van der Waals surface area contributed by atoms with Crippen molar-refractivity contribution < 1.29 is 9.50 Å². The molecule has 0 saturated heterocycles. The highest BCUT2D eigenvalue weighted by Gasteiger charge is 2.10. The lowest BCUT2D eigenvalue weighted by atomic mass is 10.1. The minimum absolute atomic E-state index is 0.255. The lowest BCUT2D eigenvalue weighted by Gasteiger charge is -2.07. The molecule has 0 fully saturated rings. The Labute approximate surface area is 70.1 Å². The summed E-state index contributed by atoms with van der Waals surface area (Å²) in [5.74, 6) is -1.06. The SMILES string of the molecule is C=CC(N)c1cccc(O)c1F. The highest BCUT2D eigenvalue weighted by atomic mass is 19.1. The van der Waals surface area contributed by atoms with Gasteiger partial charge < -0.3 is 10.8 Å². The minimum Gasteiger partial charge on any atom is -0.505 e. The highest BCUT2D eigenvalue weighted by molar-refractivity contribution is 5.33. The average Bonchev–Trinajstić information content (AvgIpc) is 2.08. The Balaban J connectivity index is 3.15. The van der Waals surface area contributed by atoms with Gasteiger partial charge in [0.25, 0.3) is 0 Å². The number of aromatic hydroxyl groups is 1. The zero-order valence-corrected chi connectivity index (χ0v) is 6.50. The van der Waals surface area contributed by atoms with Gasteiger partial charge in [0.2, 0.25) is 0 Å². The number of benzene rings is 1. The van der Waals surface area contributed by atoms with E-state index in [0.717, 1.165) is 0 Å². The van der Waals surface area contributed by atoms with Gasteiger partial charge in [-0.2, -0.15) is 0 Å². The Kier molecular flexibility index (Phi) is 2.45. The number of hydrogen-bond acceptors (Lipinski definition) is 2. The number of phenolic OH excluding ortho intramolecular Hbond substituents is 1. The van der Waals surface area contributed by atoms with Crippen LogP contribution in [0.4, 0.5) is 4.39 Å². The molecule has 1 aromatic rings. The van der Waals surface area contributed by atoms with Gasteiger partial charge in [0.15, 0.2) is 11.6 Å². The van der Waals surface area contributed by atoms with Crippen LogP contribution in [0.5, 0.6) is 5.75 Å². The molecule has 0 saturated carbocycles.